The molecule has 0 aliphatic carbocycles. The van der Waals surface area contributed by atoms with Crippen molar-refractivity contribution in [3.8, 4) is 0 Å². The highest BCUT2D eigenvalue weighted by molar-refractivity contribution is 5.85. The van der Waals surface area contributed by atoms with Gasteiger partial charge >= 0.3 is 0 Å². The van der Waals surface area contributed by atoms with Gasteiger partial charge in [0.2, 0.25) is 5.91 Å². The molecule has 0 aromatic heterocycles. The van der Waals surface area contributed by atoms with Crippen molar-refractivity contribution in [1.29, 1.82) is 0 Å². The Labute approximate surface area is 188 Å². The van der Waals surface area contributed by atoms with E-state index in [2.05, 4.69) is 56.2 Å². The molecule has 0 unspecified atom stereocenters. The maximum absolute atomic E-state index is 11.9. The fourth-order valence-corrected chi connectivity index (χ4v) is 3.56. The Balaban J connectivity index is 1.59. The van der Waals surface area contributed by atoms with E-state index in [1.165, 1.54) is 5.56 Å². The van der Waals surface area contributed by atoms with E-state index in [1.807, 2.05) is 27.7 Å². The Kier molecular flexibility index (Phi) is 10.8. The van der Waals surface area contributed by atoms with Crippen molar-refractivity contribution in [3.63, 3.8) is 0 Å². The molecule has 1 amide bonds. The molecule has 1 aliphatic heterocycles. The molecule has 7 heteroatoms. The van der Waals surface area contributed by atoms with Crippen LogP contribution in [0.15, 0.2) is 35.3 Å². The summed E-state index contributed by atoms with van der Waals surface area (Å²) in [4.78, 5) is 18.8. The monoisotopic (exact) mass is 431 g/mol. The van der Waals surface area contributed by atoms with Crippen LogP contribution >= 0.6 is 0 Å². The standard InChI is InChI=1S/C24H41N5O2/c1-5-25-23(27-18-22(30)28-24(2,3)4)26-14-9-17-31-21-12-15-29(16-13-21)19-20-10-7-6-8-11-20/h6-8,10-11,21H,5,9,12-19H2,1-4H3,(H,28,30)(H2,25,26,27). The van der Waals surface area contributed by atoms with Crippen LogP contribution in [0.1, 0.15) is 52.5 Å². The summed E-state index contributed by atoms with van der Waals surface area (Å²) < 4.78 is 6.09. The van der Waals surface area contributed by atoms with Crippen molar-refractivity contribution in [2.75, 3.05) is 39.3 Å². The number of piperidine rings is 1. The Hall–Kier alpha value is -2.12. The minimum Gasteiger partial charge on any atom is -0.378 e. The number of benzene rings is 1. The maximum atomic E-state index is 11.9. The van der Waals surface area contributed by atoms with Gasteiger partial charge in [-0.2, -0.15) is 0 Å². The number of nitrogens with zero attached hydrogens (tertiary/aromatic N) is 2. The summed E-state index contributed by atoms with van der Waals surface area (Å²) in [5, 5.41) is 9.38. The van der Waals surface area contributed by atoms with Gasteiger partial charge in [-0.25, -0.2) is 4.99 Å². The fourth-order valence-electron chi connectivity index (χ4n) is 3.56. The number of carbonyl (C=O) groups is 1. The van der Waals surface area contributed by atoms with Crippen LogP contribution in [0.25, 0.3) is 0 Å². The number of rotatable bonds is 10. The number of aliphatic imine (C=N–C) groups is 1. The number of hydrogen-bond acceptors (Lipinski definition) is 4. The molecule has 31 heavy (non-hydrogen) atoms. The van der Waals surface area contributed by atoms with E-state index in [4.69, 9.17) is 4.74 Å². The zero-order valence-corrected chi connectivity index (χ0v) is 19.7. The molecule has 1 aromatic carbocycles. The van der Waals surface area contributed by atoms with Crippen molar-refractivity contribution >= 4 is 11.9 Å². The molecule has 1 fully saturated rings. The topological polar surface area (TPSA) is 78.0 Å². The van der Waals surface area contributed by atoms with Crippen molar-refractivity contribution < 1.29 is 9.53 Å². The first-order valence-corrected chi connectivity index (χ1v) is 11.6. The van der Waals surface area contributed by atoms with Crippen LogP contribution in [0.3, 0.4) is 0 Å². The first-order chi connectivity index (χ1) is 14.9. The molecule has 0 saturated carbocycles. The van der Waals surface area contributed by atoms with Crippen molar-refractivity contribution in [3.05, 3.63) is 35.9 Å². The highest BCUT2D eigenvalue weighted by Gasteiger charge is 2.19. The summed E-state index contributed by atoms with van der Waals surface area (Å²) in [6, 6.07) is 10.7. The number of amides is 1. The molecule has 3 N–H and O–H groups in total. The molecule has 0 atom stereocenters. The number of hydrogen-bond donors (Lipinski definition) is 3. The van der Waals surface area contributed by atoms with Crippen LogP contribution in [-0.2, 0) is 16.1 Å². The molecule has 0 spiro atoms. The zero-order chi connectivity index (χ0) is 22.5. The van der Waals surface area contributed by atoms with E-state index in [-0.39, 0.29) is 18.0 Å². The second-order valence-electron chi connectivity index (χ2n) is 9.11. The predicted octanol–water partition coefficient (Wildman–Crippen LogP) is 2.53. The van der Waals surface area contributed by atoms with Crippen LogP contribution < -0.4 is 16.0 Å². The highest BCUT2D eigenvalue weighted by Crippen LogP contribution is 2.16. The molecule has 2 rings (SSSR count). The average molecular weight is 432 g/mol. The third-order valence-corrected chi connectivity index (χ3v) is 4.99. The van der Waals surface area contributed by atoms with E-state index >= 15 is 0 Å². The highest BCUT2D eigenvalue weighted by atomic mass is 16.5. The van der Waals surface area contributed by atoms with Crippen LogP contribution in [0.4, 0.5) is 0 Å². The number of ether oxygens (including phenoxy) is 1. The van der Waals surface area contributed by atoms with Gasteiger partial charge in [0.25, 0.3) is 0 Å². The Morgan fingerprint density at radius 3 is 2.52 bits per heavy atom. The first-order valence-electron chi connectivity index (χ1n) is 11.6. The minimum atomic E-state index is -0.243. The molecule has 0 radical (unpaired) electrons. The lowest BCUT2D eigenvalue weighted by Gasteiger charge is -2.32. The van der Waals surface area contributed by atoms with Crippen LogP contribution in [0.5, 0.6) is 0 Å². The van der Waals surface area contributed by atoms with Gasteiger partial charge in [-0.15, -0.1) is 0 Å². The SMILES string of the molecule is CCNC(=NCC(=O)NC(C)(C)C)NCCCOC1CCN(Cc2ccccc2)CC1. The summed E-state index contributed by atoms with van der Waals surface area (Å²) in [6.07, 6.45) is 3.44. The molecular formula is C24H41N5O2. The average Bonchev–Trinajstić information content (AvgIpc) is 2.72. The van der Waals surface area contributed by atoms with Crippen molar-refractivity contribution in [2.45, 2.75) is 65.1 Å². The maximum Gasteiger partial charge on any atom is 0.242 e. The summed E-state index contributed by atoms with van der Waals surface area (Å²) >= 11 is 0. The van der Waals surface area contributed by atoms with Crippen LogP contribution in [0, 0.1) is 0 Å². The normalized spacial score (nSPS) is 16.2. The zero-order valence-electron chi connectivity index (χ0n) is 19.7. The molecule has 1 aliphatic rings. The summed E-state index contributed by atoms with van der Waals surface area (Å²) in [5.41, 5.74) is 1.13. The molecule has 1 aromatic rings. The Bertz CT molecular complexity index is 664. The number of guanidine groups is 1. The van der Waals surface area contributed by atoms with Gasteiger partial charge in [0.15, 0.2) is 5.96 Å². The number of carbonyl (C=O) groups excluding carboxylic acids is 1. The molecular weight excluding hydrogens is 390 g/mol. The first kappa shape index (κ1) is 25.1. The smallest absolute Gasteiger partial charge is 0.242 e. The van der Waals surface area contributed by atoms with Gasteiger partial charge in [-0.1, -0.05) is 30.3 Å². The lowest BCUT2D eigenvalue weighted by molar-refractivity contribution is -0.121. The van der Waals surface area contributed by atoms with Crippen molar-refractivity contribution in [2.24, 2.45) is 4.99 Å². The van der Waals surface area contributed by atoms with Crippen LogP contribution in [0.2, 0.25) is 0 Å². The van der Waals surface area contributed by atoms with Gasteiger partial charge < -0.3 is 20.7 Å². The molecule has 1 saturated heterocycles. The van der Waals surface area contributed by atoms with E-state index in [0.717, 1.165) is 58.6 Å². The molecule has 1 heterocycles. The van der Waals surface area contributed by atoms with Crippen LogP contribution in [-0.4, -0.2) is 67.7 Å². The number of nitrogens with one attached hydrogen (secondary N) is 3. The van der Waals surface area contributed by atoms with E-state index in [0.29, 0.717) is 12.1 Å². The summed E-state index contributed by atoms with van der Waals surface area (Å²) in [6.45, 7) is 13.5. The molecule has 0 bridgehead atoms. The summed E-state index contributed by atoms with van der Waals surface area (Å²) in [7, 11) is 0. The third kappa shape index (κ3) is 11.2. The predicted molar refractivity (Wildman–Crippen MR) is 127 cm³/mol. The van der Waals surface area contributed by atoms with E-state index < -0.39 is 0 Å². The molecule has 174 valence electrons. The Morgan fingerprint density at radius 2 is 1.87 bits per heavy atom. The third-order valence-electron chi connectivity index (χ3n) is 4.99. The summed E-state index contributed by atoms with van der Waals surface area (Å²) in [5.74, 6) is 0.590. The van der Waals surface area contributed by atoms with Gasteiger partial charge in [0, 0.05) is 44.9 Å². The number of likely N-dealkylation sites (tertiary alicyclic amines) is 1. The second-order valence-corrected chi connectivity index (χ2v) is 9.11. The van der Waals surface area contributed by atoms with Gasteiger partial charge in [0.05, 0.1) is 6.10 Å². The lowest BCUT2D eigenvalue weighted by Crippen LogP contribution is -2.43. The Morgan fingerprint density at radius 1 is 1.16 bits per heavy atom. The van der Waals surface area contributed by atoms with Gasteiger partial charge in [-0.05, 0) is 52.5 Å². The quantitative estimate of drug-likeness (QED) is 0.301. The second kappa shape index (κ2) is 13.3. The lowest BCUT2D eigenvalue weighted by atomic mass is 10.1. The fraction of sp³-hybridized carbons (Fsp3) is 0.667. The van der Waals surface area contributed by atoms with E-state index in [9.17, 15) is 4.79 Å². The van der Waals surface area contributed by atoms with E-state index in [1.54, 1.807) is 0 Å². The minimum absolute atomic E-state index is 0.0772. The largest absolute Gasteiger partial charge is 0.378 e. The van der Waals surface area contributed by atoms with Gasteiger partial charge in [0.1, 0.15) is 6.54 Å². The van der Waals surface area contributed by atoms with Gasteiger partial charge in [-0.3, -0.25) is 9.69 Å². The molecule has 7 nitrogen and oxygen atoms in total. The van der Waals surface area contributed by atoms with Crippen molar-refractivity contribution in [1.82, 2.24) is 20.9 Å².